The molecule has 3 aromatic rings. The number of aryl methyl sites for hydroxylation is 1. The molecule has 0 atom stereocenters. The molecule has 0 bridgehead atoms. The van der Waals surface area contributed by atoms with Crippen molar-refractivity contribution in [2.75, 3.05) is 5.32 Å². The van der Waals surface area contributed by atoms with E-state index in [1.54, 1.807) is 49.4 Å². The summed E-state index contributed by atoms with van der Waals surface area (Å²) in [6, 6.07) is 15.8. The Hall–Kier alpha value is -3.10. The number of amides is 1. The molecule has 0 aliphatic carbocycles. The molecule has 118 valence electrons. The number of carbonyl (C=O) groups is 1. The molecule has 0 aliphatic heterocycles. The molecule has 0 saturated heterocycles. The Morgan fingerprint density at radius 2 is 2.04 bits per heavy atom. The number of anilines is 1. The van der Waals surface area contributed by atoms with Gasteiger partial charge in [0.2, 0.25) is 0 Å². The molecule has 1 aromatic heterocycles. The molecular weight excluding hydrogens is 326 g/mol. The fourth-order valence-electron chi connectivity index (χ4n) is 2.34. The summed E-state index contributed by atoms with van der Waals surface area (Å²) in [7, 11) is 0. The van der Waals surface area contributed by atoms with Crippen molar-refractivity contribution in [3.8, 4) is 17.3 Å². The Balaban J connectivity index is 1.98. The molecule has 0 spiro atoms. The van der Waals surface area contributed by atoms with E-state index in [0.29, 0.717) is 38.9 Å². The van der Waals surface area contributed by atoms with Gasteiger partial charge in [-0.15, -0.1) is 0 Å². The van der Waals surface area contributed by atoms with Crippen molar-refractivity contribution in [1.82, 2.24) is 5.16 Å². The van der Waals surface area contributed by atoms with Crippen LogP contribution in [0.25, 0.3) is 11.3 Å². The maximum Gasteiger partial charge on any atom is 0.261 e. The van der Waals surface area contributed by atoms with Gasteiger partial charge in [-0.05, 0) is 31.2 Å². The highest BCUT2D eigenvalue weighted by Gasteiger charge is 2.23. The lowest BCUT2D eigenvalue weighted by Gasteiger charge is -2.07. The van der Waals surface area contributed by atoms with Crippen LogP contribution in [0.2, 0.25) is 5.02 Å². The highest BCUT2D eigenvalue weighted by atomic mass is 35.5. The van der Waals surface area contributed by atoms with Gasteiger partial charge in [0.05, 0.1) is 16.7 Å². The number of halogens is 1. The zero-order chi connectivity index (χ0) is 17.1. The molecule has 24 heavy (non-hydrogen) atoms. The standard InChI is InChI=1S/C18H12ClN3O2/c1-11-16(17(22-24-11)14-7-2-3-8-15(14)19)18(23)21-13-6-4-5-12(9-13)10-20/h2-9H,1H3,(H,21,23). The average Bonchev–Trinajstić information content (AvgIpc) is 2.97. The molecule has 0 fully saturated rings. The summed E-state index contributed by atoms with van der Waals surface area (Å²) in [5, 5.41) is 16.2. The zero-order valence-corrected chi connectivity index (χ0v) is 13.5. The fraction of sp³-hybridized carbons (Fsp3) is 0.0556. The topological polar surface area (TPSA) is 78.9 Å². The molecule has 6 heteroatoms. The van der Waals surface area contributed by atoms with E-state index < -0.39 is 0 Å². The van der Waals surface area contributed by atoms with Crippen LogP contribution in [0.5, 0.6) is 0 Å². The van der Waals surface area contributed by atoms with E-state index in [1.165, 1.54) is 0 Å². The molecule has 1 heterocycles. The van der Waals surface area contributed by atoms with Crippen LogP contribution in [0.4, 0.5) is 5.69 Å². The van der Waals surface area contributed by atoms with E-state index in [4.69, 9.17) is 21.4 Å². The number of hydrogen-bond donors (Lipinski definition) is 1. The molecular formula is C18H12ClN3O2. The predicted molar refractivity (Wildman–Crippen MR) is 90.8 cm³/mol. The first-order valence-corrected chi connectivity index (χ1v) is 7.50. The Morgan fingerprint density at radius 3 is 2.79 bits per heavy atom. The van der Waals surface area contributed by atoms with E-state index in [0.717, 1.165) is 0 Å². The van der Waals surface area contributed by atoms with Crippen molar-refractivity contribution in [2.45, 2.75) is 6.92 Å². The number of nitrogens with zero attached hydrogens (tertiary/aromatic N) is 2. The largest absolute Gasteiger partial charge is 0.360 e. The Bertz CT molecular complexity index is 957. The van der Waals surface area contributed by atoms with Crippen molar-refractivity contribution in [3.05, 3.63) is 70.4 Å². The van der Waals surface area contributed by atoms with Crippen molar-refractivity contribution < 1.29 is 9.32 Å². The first kappa shape index (κ1) is 15.8. The summed E-state index contributed by atoms with van der Waals surface area (Å²) < 4.78 is 5.19. The van der Waals surface area contributed by atoms with E-state index in [-0.39, 0.29) is 5.91 Å². The van der Waals surface area contributed by atoms with Crippen molar-refractivity contribution in [2.24, 2.45) is 0 Å². The van der Waals surface area contributed by atoms with Crippen LogP contribution < -0.4 is 5.32 Å². The number of hydrogen-bond acceptors (Lipinski definition) is 4. The highest BCUT2D eigenvalue weighted by Crippen LogP contribution is 2.31. The quantitative estimate of drug-likeness (QED) is 0.766. The molecule has 1 N–H and O–H groups in total. The van der Waals surface area contributed by atoms with Gasteiger partial charge in [-0.25, -0.2) is 0 Å². The Labute approximate surface area is 143 Å². The number of benzene rings is 2. The summed E-state index contributed by atoms with van der Waals surface area (Å²) in [4.78, 5) is 12.7. The molecule has 3 rings (SSSR count). The number of aromatic nitrogens is 1. The number of rotatable bonds is 3. The van der Waals surface area contributed by atoms with Gasteiger partial charge < -0.3 is 9.84 Å². The van der Waals surface area contributed by atoms with Gasteiger partial charge in [-0.3, -0.25) is 4.79 Å². The van der Waals surface area contributed by atoms with Crippen LogP contribution in [-0.4, -0.2) is 11.1 Å². The van der Waals surface area contributed by atoms with Gasteiger partial charge in [-0.2, -0.15) is 5.26 Å². The third kappa shape index (κ3) is 3.00. The number of nitriles is 1. The third-order valence-corrected chi connectivity index (χ3v) is 3.80. The highest BCUT2D eigenvalue weighted by molar-refractivity contribution is 6.33. The first-order chi connectivity index (χ1) is 11.6. The van der Waals surface area contributed by atoms with Crippen molar-refractivity contribution in [3.63, 3.8) is 0 Å². The monoisotopic (exact) mass is 337 g/mol. The maximum absolute atomic E-state index is 12.7. The summed E-state index contributed by atoms with van der Waals surface area (Å²) in [5.41, 5.74) is 2.29. The lowest BCUT2D eigenvalue weighted by molar-refractivity contribution is 0.102. The lowest BCUT2D eigenvalue weighted by Crippen LogP contribution is -2.13. The van der Waals surface area contributed by atoms with Gasteiger partial charge in [0, 0.05) is 11.3 Å². The molecule has 1 amide bonds. The number of carbonyl (C=O) groups excluding carboxylic acids is 1. The second-order valence-electron chi connectivity index (χ2n) is 5.09. The van der Waals surface area contributed by atoms with Crippen LogP contribution in [-0.2, 0) is 0 Å². The van der Waals surface area contributed by atoms with E-state index >= 15 is 0 Å². The van der Waals surface area contributed by atoms with Gasteiger partial charge in [-0.1, -0.05) is 41.0 Å². The summed E-state index contributed by atoms with van der Waals surface area (Å²) >= 11 is 6.20. The summed E-state index contributed by atoms with van der Waals surface area (Å²) in [6.07, 6.45) is 0. The van der Waals surface area contributed by atoms with Crippen LogP contribution in [0.3, 0.4) is 0 Å². The minimum absolute atomic E-state index is 0.311. The van der Waals surface area contributed by atoms with Crippen LogP contribution in [0.1, 0.15) is 21.7 Å². The van der Waals surface area contributed by atoms with Crippen LogP contribution >= 0.6 is 11.6 Å². The maximum atomic E-state index is 12.7. The SMILES string of the molecule is Cc1onc(-c2ccccc2Cl)c1C(=O)Nc1cccc(C#N)c1. The smallest absolute Gasteiger partial charge is 0.261 e. The van der Waals surface area contributed by atoms with Crippen molar-refractivity contribution >= 4 is 23.2 Å². The predicted octanol–water partition coefficient (Wildman–Crippen LogP) is 4.43. The molecule has 2 aromatic carbocycles. The molecule has 0 radical (unpaired) electrons. The second kappa shape index (κ2) is 6.57. The van der Waals surface area contributed by atoms with Gasteiger partial charge in [0.25, 0.3) is 5.91 Å². The minimum atomic E-state index is -0.376. The third-order valence-electron chi connectivity index (χ3n) is 3.47. The average molecular weight is 338 g/mol. The van der Waals surface area contributed by atoms with Gasteiger partial charge in [0.1, 0.15) is 17.0 Å². The van der Waals surface area contributed by atoms with Crippen LogP contribution in [0.15, 0.2) is 53.1 Å². The molecule has 0 aliphatic rings. The molecule has 0 unspecified atom stereocenters. The van der Waals surface area contributed by atoms with Gasteiger partial charge in [0.15, 0.2) is 0 Å². The van der Waals surface area contributed by atoms with Crippen molar-refractivity contribution in [1.29, 1.82) is 5.26 Å². The van der Waals surface area contributed by atoms with E-state index in [9.17, 15) is 4.79 Å². The second-order valence-corrected chi connectivity index (χ2v) is 5.50. The minimum Gasteiger partial charge on any atom is -0.360 e. The lowest BCUT2D eigenvalue weighted by atomic mass is 10.1. The molecule has 5 nitrogen and oxygen atoms in total. The Kier molecular flexibility index (Phi) is 4.32. The molecule has 0 saturated carbocycles. The first-order valence-electron chi connectivity index (χ1n) is 7.13. The normalized spacial score (nSPS) is 10.2. The summed E-state index contributed by atoms with van der Waals surface area (Å²) in [6.45, 7) is 1.66. The van der Waals surface area contributed by atoms with Crippen LogP contribution in [0, 0.1) is 18.3 Å². The van der Waals surface area contributed by atoms with E-state index in [2.05, 4.69) is 10.5 Å². The van der Waals surface area contributed by atoms with Gasteiger partial charge >= 0.3 is 0 Å². The Morgan fingerprint density at radius 1 is 1.25 bits per heavy atom. The summed E-state index contributed by atoms with van der Waals surface area (Å²) in [5.74, 6) is 0.0117. The van der Waals surface area contributed by atoms with E-state index in [1.807, 2.05) is 12.1 Å². The zero-order valence-electron chi connectivity index (χ0n) is 12.7. The fourth-order valence-corrected chi connectivity index (χ4v) is 2.56. The number of nitrogens with one attached hydrogen (secondary N) is 1.